The molecule has 0 bridgehead atoms. The van der Waals surface area contributed by atoms with Gasteiger partial charge in [-0.05, 0) is 47.5 Å². The molecule has 0 fully saturated rings. The van der Waals surface area contributed by atoms with E-state index in [0.29, 0.717) is 17.1 Å². The van der Waals surface area contributed by atoms with Crippen molar-refractivity contribution in [2.24, 2.45) is 0 Å². The zero-order chi connectivity index (χ0) is 21.1. The number of carbonyl (C=O) groups is 1. The predicted molar refractivity (Wildman–Crippen MR) is 118 cm³/mol. The van der Waals surface area contributed by atoms with Crippen LogP contribution in [-0.2, 0) is 11.3 Å². The largest absolute Gasteiger partial charge is 0.495 e. The molecule has 1 aromatic heterocycles. The number of aromatic nitrogens is 2. The zero-order valence-corrected chi connectivity index (χ0v) is 16.8. The van der Waals surface area contributed by atoms with Crippen molar-refractivity contribution in [2.75, 3.05) is 12.4 Å². The SMILES string of the molecule is COc1ccc(C)cc1NC(=O)Cn1nc(-c2ccc3ccccc3c2)ccc1=O. The van der Waals surface area contributed by atoms with Crippen molar-refractivity contribution in [1.82, 2.24) is 9.78 Å². The molecule has 6 heteroatoms. The summed E-state index contributed by atoms with van der Waals surface area (Å²) >= 11 is 0. The summed E-state index contributed by atoms with van der Waals surface area (Å²) in [6.45, 7) is 1.73. The number of rotatable bonds is 5. The molecule has 30 heavy (non-hydrogen) atoms. The molecule has 0 saturated carbocycles. The van der Waals surface area contributed by atoms with Crippen LogP contribution in [0.15, 0.2) is 77.6 Å². The van der Waals surface area contributed by atoms with Gasteiger partial charge < -0.3 is 10.1 Å². The molecule has 1 heterocycles. The number of fused-ring (bicyclic) bond motifs is 1. The van der Waals surface area contributed by atoms with Gasteiger partial charge in [0.2, 0.25) is 5.91 Å². The molecule has 6 nitrogen and oxygen atoms in total. The molecule has 4 rings (SSSR count). The van der Waals surface area contributed by atoms with E-state index in [1.807, 2.05) is 61.5 Å². The Morgan fingerprint density at radius 3 is 2.60 bits per heavy atom. The molecule has 150 valence electrons. The van der Waals surface area contributed by atoms with Gasteiger partial charge in [0.05, 0.1) is 18.5 Å². The first-order valence-corrected chi connectivity index (χ1v) is 9.55. The maximum absolute atomic E-state index is 12.6. The van der Waals surface area contributed by atoms with E-state index in [2.05, 4.69) is 10.4 Å². The summed E-state index contributed by atoms with van der Waals surface area (Å²) in [4.78, 5) is 24.8. The average Bonchev–Trinajstić information content (AvgIpc) is 2.75. The number of nitrogens with zero attached hydrogens (tertiary/aromatic N) is 2. The highest BCUT2D eigenvalue weighted by atomic mass is 16.5. The molecular weight excluding hydrogens is 378 g/mol. The highest BCUT2D eigenvalue weighted by Crippen LogP contribution is 2.25. The van der Waals surface area contributed by atoms with Crippen LogP contribution in [0.25, 0.3) is 22.0 Å². The maximum Gasteiger partial charge on any atom is 0.267 e. The average molecular weight is 399 g/mol. The molecule has 4 aromatic rings. The van der Waals surface area contributed by atoms with Crippen molar-refractivity contribution < 1.29 is 9.53 Å². The van der Waals surface area contributed by atoms with Gasteiger partial charge in [-0.2, -0.15) is 5.10 Å². The summed E-state index contributed by atoms with van der Waals surface area (Å²) in [6.07, 6.45) is 0. The van der Waals surface area contributed by atoms with Crippen molar-refractivity contribution in [3.63, 3.8) is 0 Å². The molecule has 0 aliphatic carbocycles. The van der Waals surface area contributed by atoms with Crippen LogP contribution in [0.3, 0.4) is 0 Å². The van der Waals surface area contributed by atoms with Crippen molar-refractivity contribution in [3.8, 4) is 17.0 Å². The second kappa shape index (κ2) is 8.21. The Labute approximate surface area is 173 Å². The molecule has 0 spiro atoms. The van der Waals surface area contributed by atoms with Crippen LogP contribution in [0, 0.1) is 6.92 Å². The lowest BCUT2D eigenvalue weighted by molar-refractivity contribution is -0.117. The molecule has 0 aliphatic heterocycles. The van der Waals surface area contributed by atoms with Gasteiger partial charge in [-0.3, -0.25) is 9.59 Å². The molecule has 1 N–H and O–H groups in total. The lowest BCUT2D eigenvalue weighted by Gasteiger charge is -2.12. The number of carbonyl (C=O) groups excluding carboxylic acids is 1. The van der Waals surface area contributed by atoms with E-state index in [1.165, 1.54) is 10.7 Å². The van der Waals surface area contributed by atoms with Crippen LogP contribution in [0.4, 0.5) is 5.69 Å². The molecule has 0 saturated heterocycles. The van der Waals surface area contributed by atoms with Gasteiger partial charge in [0.1, 0.15) is 12.3 Å². The Hall–Kier alpha value is -3.93. The van der Waals surface area contributed by atoms with E-state index in [4.69, 9.17) is 4.74 Å². The third-order valence-electron chi connectivity index (χ3n) is 4.83. The molecule has 0 atom stereocenters. The Kier molecular flexibility index (Phi) is 5.30. The molecule has 0 unspecified atom stereocenters. The number of hydrogen-bond acceptors (Lipinski definition) is 4. The van der Waals surface area contributed by atoms with Crippen LogP contribution in [0.5, 0.6) is 5.75 Å². The predicted octanol–water partition coefficient (Wildman–Crippen LogP) is 4.02. The van der Waals surface area contributed by atoms with Crippen molar-refractivity contribution in [3.05, 3.63) is 88.7 Å². The van der Waals surface area contributed by atoms with Crippen LogP contribution >= 0.6 is 0 Å². The summed E-state index contributed by atoms with van der Waals surface area (Å²) in [6, 6.07) is 22.6. The fraction of sp³-hybridized carbons (Fsp3) is 0.125. The lowest BCUT2D eigenvalue weighted by atomic mass is 10.1. The zero-order valence-electron chi connectivity index (χ0n) is 16.8. The number of amides is 1. The van der Waals surface area contributed by atoms with E-state index in [0.717, 1.165) is 21.9 Å². The third-order valence-corrected chi connectivity index (χ3v) is 4.83. The third kappa shape index (κ3) is 4.07. The fourth-order valence-electron chi connectivity index (χ4n) is 3.31. The summed E-state index contributed by atoms with van der Waals surface area (Å²) < 4.78 is 6.46. The minimum absolute atomic E-state index is 0.197. The molecule has 0 radical (unpaired) electrons. The Balaban J connectivity index is 1.59. The van der Waals surface area contributed by atoms with E-state index in [9.17, 15) is 9.59 Å². The summed E-state index contributed by atoms with van der Waals surface area (Å²) in [7, 11) is 1.54. The van der Waals surface area contributed by atoms with E-state index < -0.39 is 0 Å². The van der Waals surface area contributed by atoms with Gasteiger partial charge >= 0.3 is 0 Å². The van der Waals surface area contributed by atoms with Gasteiger partial charge in [-0.15, -0.1) is 0 Å². The van der Waals surface area contributed by atoms with Crippen molar-refractivity contribution in [1.29, 1.82) is 0 Å². The van der Waals surface area contributed by atoms with Gasteiger partial charge in [-0.25, -0.2) is 4.68 Å². The maximum atomic E-state index is 12.6. The van der Waals surface area contributed by atoms with E-state index in [-0.39, 0.29) is 18.0 Å². The number of ether oxygens (including phenoxy) is 1. The molecule has 3 aromatic carbocycles. The minimum atomic E-state index is -0.357. The van der Waals surface area contributed by atoms with Gasteiger partial charge in [0.15, 0.2) is 0 Å². The molecule has 1 amide bonds. The Morgan fingerprint density at radius 1 is 1.00 bits per heavy atom. The number of aryl methyl sites for hydroxylation is 1. The van der Waals surface area contributed by atoms with Crippen LogP contribution in [-0.4, -0.2) is 22.8 Å². The quantitative estimate of drug-likeness (QED) is 0.550. The highest BCUT2D eigenvalue weighted by Gasteiger charge is 2.11. The fourth-order valence-corrected chi connectivity index (χ4v) is 3.31. The lowest BCUT2D eigenvalue weighted by Crippen LogP contribution is -2.29. The minimum Gasteiger partial charge on any atom is -0.495 e. The first-order valence-electron chi connectivity index (χ1n) is 9.55. The normalized spacial score (nSPS) is 10.7. The van der Waals surface area contributed by atoms with E-state index in [1.54, 1.807) is 19.2 Å². The second-order valence-electron chi connectivity index (χ2n) is 7.03. The topological polar surface area (TPSA) is 73.2 Å². The smallest absolute Gasteiger partial charge is 0.267 e. The monoisotopic (exact) mass is 399 g/mol. The number of hydrogen-bond donors (Lipinski definition) is 1. The first kappa shape index (κ1) is 19.4. The first-order chi connectivity index (χ1) is 14.5. The Bertz CT molecular complexity index is 1290. The van der Waals surface area contributed by atoms with Crippen LogP contribution in [0.1, 0.15) is 5.56 Å². The van der Waals surface area contributed by atoms with Gasteiger partial charge in [0.25, 0.3) is 5.56 Å². The number of anilines is 1. The standard InChI is InChI=1S/C24H21N3O3/c1-16-7-11-22(30-2)21(13-16)25-23(28)15-27-24(29)12-10-20(26-27)19-9-8-17-5-3-4-6-18(17)14-19/h3-14H,15H2,1-2H3,(H,25,28). The van der Waals surface area contributed by atoms with Gasteiger partial charge in [-0.1, -0.05) is 42.5 Å². The summed E-state index contributed by atoms with van der Waals surface area (Å²) in [5.41, 5.74) is 2.70. The second-order valence-corrected chi connectivity index (χ2v) is 7.03. The summed E-state index contributed by atoms with van der Waals surface area (Å²) in [5.74, 6) is 0.198. The van der Waals surface area contributed by atoms with Crippen LogP contribution < -0.4 is 15.6 Å². The number of nitrogens with one attached hydrogen (secondary N) is 1. The van der Waals surface area contributed by atoms with E-state index >= 15 is 0 Å². The van der Waals surface area contributed by atoms with Crippen molar-refractivity contribution in [2.45, 2.75) is 13.5 Å². The van der Waals surface area contributed by atoms with Crippen molar-refractivity contribution >= 4 is 22.4 Å². The summed E-state index contributed by atoms with van der Waals surface area (Å²) in [5, 5.41) is 9.41. The number of benzene rings is 3. The highest BCUT2D eigenvalue weighted by molar-refractivity contribution is 5.92. The molecule has 0 aliphatic rings. The van der Waals surface area contributed by atoms with Gasteiger partial charge in [0, 0.05) is 11.6 Å². The number of methoxy groups -OCH3 is 1. The molecular formula is C24H21N3O3. The van der Waals surface area contributed by atoms with Crippen LogP contribution in [0.2, 0.25) is 0 Å². The Morgan fingerprint density at radius 2 is 1.80 bits per heavy atom.